The molecule has 0 heterocycles. The van der Waals surface area contributed by atoms with Crippen molar-refractivity contribution < 1.29 is 19.4 Å². The van der Waals surface area contributed by atoms with Crippen LogP contribution in [0.2, 0.25) is 0 Å². The Balaban J connectivity index is 3.41. The number of carbonyl (C=O) groups excluding carboxylic acids is 1. The van der Waals surface area contributed by atoms with Crippen molar-refractivity contribution in [2.24, 2.45) is 0 Å². The third-order valence-electron chi connectivity index (χ3n) is 1.92. The van der Waals surface area contributed by atoms with Crippen molar-refractivity contribution in [1.82, 2.24) is 5.32 Å². The smallest absolute Gasteiger partial charge is 0.307 e. The van der Waals surface area contributed by atoms with Crippen molar-refractivity contribution in [2.45, 2.75) is 39.2 Å². The summed E-state index contributed by atoms with van der Waals surface area (Å²) in [5.41, 5.74) is 0. The molecule has 0 aromatic heterocycles. The van der Waals surface area contributed by atoms with Crippen molar-refractivity contribution >= 4 is 11.9 Å². The summed E-state index contributed by atoms with van der Waals surface area (Å²) in [6, 6.07) is 0.107. The highest BCUT2D eigenvalue weighted by Crippen LogP contribution is 1.96. The van der Waals surface area contributed by atoms with Crippen LogP contribution in [-0.2, 0) is 14.3 Å². The fourth-order valence-electron chi connectivity index (χ4n) is 1.10. The van der Waals surface area contributed by atoms with E-state index in [2.05, 4.69) is 5.32 Å². The number of aliphatic carboxylic acids is 1. The van der Waals surface area contributed by atoms with Crippen molar-refractivity contribution in [1.29, 1.82) is 0 Å². The first kappa shape index (κ1) is 13.9. The molecule has 2 N–H and O–H groups in total. The third kappa shape index (κ3) is 9.21. The standard InChI is InChI=1S/C10H19NO4/c1-3-15-10(14)6-7-11-8(2)4-5-9(12)13/h8,11H,3-7H2,1-2H3,(H,12,13). The monoisotopic (exact) mass is 217 g/mol. The predicted molar refractivity (Wildman–Crippen MR) is 55.6 cm³/mol. The fourth-order valence-corrected chi connectivity index (χ4v) is 1.10. The molecule has 1 unspecified atom stereocenters. The van der Waals surface area contributed by atoms with E-state index in [9.17, 15) is 9.59 Å². The summed E-state index contributed by atoms with van der Waals surface area (Å²) in [6.07, 6.45) is 1.04. The Bertz CT molecular complexity index is 206. The van der Waals surface area contributed by atoms with Crippen LogP contribution in [0.1, 0.15) is 33.1 Å². The van der Waals surface area contributed by atoms with Crippen LogP contribution in [0.5, 0.6) is 0 Å². The molecule has 0 rings (SSSR count). The van der Waals surface area contributed by atoms with E-state index in [0.29, 0.717) is 26.0 Å². The number of carboxylic acids is 1. The van der Waals surface area contributed by atoms with E-state index >= 15 is 0 Å². The van der Waals surface area contributed by atoms with E-state index in [4.69, 9.17) is 9.84 Å². The summed E-state index contributed by atoms with van der Waals surface area (Å²) >= 11 is 0. The van der Waals surface area contributed by atoms with Crippen molar-refractivity contribution in [3.8, 4) is 0 Å². The highest BCUT2D eigenvalue weighted by atomic mass is 16.5. The van der Waals surface area contributed by atoms with Gasteiger partial charge < -0.3 is 15.2 Å². The summed E-state index contributed by atoms with van der Waals surface area (Å²) in [5, 5.41) is 11.5. The number of hydrogen-bond acceptors (Lipinski definition) is 4. The molecule has 0 aliphatic rings. The minimum atomic E-state index is -0.797. The molecule has 0 aromatic carbocycles. The molecule has 5 heteroatoms. The summed E-state index contributed by atoms with van der Waals surface area (Å²) in [4.78, 5) is 21.2. The van der Waals surface area contributed by atoms with Gasteiger partial charge >= 0.3 is 11.9 Å². The molecule has 0 aromatic rings. The Morgan fingerprint density at radius 3 is 2.60 bits per heavy atom. The van der Waals surface area contributed by atoms with Crippen LogP contribution >= 0.6 is 0 Å². The highest BCUT2D eigenvalue weighted by Gasteiger charge is 2.06. The maximum Gasteiger partial charge on any atom is 0.307 e. The fraction of sp³-hybridized carbons (Fsp3) is 0.800. The van der Waals surface area contributed by atoms with Gasteiger partial charge in [-0.3, -0.25) is 9.59 Å². The minimum Gasteiger partial charge on any atom is -0.481 e. The lowest BCUT2D eigenvalue weighted by Gasteiger charge is -2.11. The van der Waals surface area contributed by atoms with Crippen LogP contribution in [-0.4, -0.2) is 36.2 Å². The number of carbonyl (C=O) groups is 2. The van der Waals surface area contributed by atoms with E-state index in [1.807, 2.05) is 6.92 Å². The Hall–Kier alpha value is -1.10. The number of carboxylic acid groups (broad SMARTS) is 1. The Morgan fingerprint density at radius 2 is 2.07 bits per heavy atom. The summed E-state index contributed by atoms with van der Waals surface area (Å²) in [5.74, 6) is -1.02. The molecule has 0 radical (unpaired) electrons. The molecule has 0 spiro atoms. The SMILES string of the molecule is CCOC(=O)CCNC(C)CCC(=O)O. The van der Waals surface area contributed by atoms with Crippen molar-refractivity contribution in [3.05, 3.63) is 0 Å². The second-order valence-corrected chi connectivity index (χ2v) is 3.34. The van der Waals surface area contributed by atoms with Gasteiger partial charge in [-0.2, -0.15) is 0 Å². The van der Waals surface area contributed by atoms with Crippen molar-refractivity contribution in [2.75, 3.05) is 13.2 Å². The molecule has 0 aliphatic carbocycles. The summed E-state index contributed by atoms with van der Waals surface area (Å²) in [6.45, 7) is 4.59. The Morgan fingerprint density at radius 1 is 1.40 bits per heavy atom. The topological polar surface area (TPSA) is 75.6 Å². The van der Waals surface area contributed by atoms with Crippen LogP contribution in [0.15, 0.2) is 0 Å². The number of rotatable bonds is 8. The number of nitrogens with one attached hydrogen (secondary N) is 1. The average molecular weight is 217 g/mol. The van der Waals surface area contributed by atoms with Crippen LogP contribution < -0.4 is 5.32 Å². The normalized spacial score (nSPS) is 12.1. The zero-order valence-corrected chi connectivity index (χ0v) is 9.28. The predicted octanol–water partition coefficient (Wildman–Crippen LogP) is 0.782. The van der Waals surface area contributed by atoms with E-state index in [-0.39, 0.29) is 18.4 Å². The van der Waals surface area contributed by atoms with Gasteiger partial charge in [0.1, 0.15) is 0 Å². The molecule has 1 atom stereocenters. The second kappa shape index (κ2) is 8.23. The van der Waals surface area contributed by atoms with Crippen LogP contribution in [0, 0.1) is 0 Å². The third-order valence-corrected chi connectivity index (χ3v) is 1.92. The largest absolute Gasteiger partial charge is 0.481 e. The first-order chi connectivity index (χ1) is 7.06. The van der Waals surface area contributed by atoms with Gasteiger partial charge in [0.25, 0.3) is 0 Å². The molecule has 0 saturated carbocycles. The number of ether oxygens (including phenoxy) is 1. The number of esters is 1. The highest BCUT2D eigenvalue weighted by molar-refractivity contribution is 5.69. The van der Waals surface area contributed by atoms with Crippen LogP contribution in [0.4, 0.5) is 0 Å². The Labute approximate surface area is 89.8 Å². The lowest BCUT2D eigenvalue weighted by Crippen LogP contribution is -2.29. The quantitative estimate of drug-likeness (QED) is 0.588. The van der Waals surface area contributed by atoms with Gasteiger partial charge in [0.2, 0.25) is 0 Å². The lowest BCUT2D eigenvalue weighted by atomic mass is 10.2. The molecule has 5 nitrogen and oxygen atoms in total. The first-order valence-electron chi connectivity index (χ1n) is 5.17. The van der Waals surface area contributed by atoms with Gasteiger partial charge in [-0.05, 0) is 20.3 Å². The zero-order valence-electron chi connectivity index (χ0n) is 9.28. The maximum absolute atomic E-state index is 10.9. The molecular weight excluding hydrogens is 198 g/mol. The van der Waals surface area contributed by atoms with Gasteiger partial charge in [-0.25, -0.2) is 0 Å². The first-order valence-corrected chi connectivity index (χ1v) is 5.17. The van der Waals surface area contributed by atoms with E-state index in [0.717, 1.165) is 0 Å². The molecule has 0 bridgehead atoms. The van der Waals surface area contributed by atoms with Gasteiger partial charge in [-0.15, -0.1) is 0 Å². The molecular formula is C10H19NO4. The van der Waals surface area contributed by atoms with Gasteiger partial charge in [-0.1, -0.05) is 0 Å². The van der Waals surface area contributed by atoms with Crippen molar-refractivity contribution in [3.63, 3.8) is 0 Å². The van der Waals surface area contributed by atoms with Gasteiger partial charge in [0, 0.05) is 19.0 Å². The number of hydrogen-bond donors (Lipinski definition) is 2. The zero-order chi connectivity index (χ0) is 11.7. The molecule has 15 heavy (non-hydrogen) atoms. The lowest BCUT2D eigenvalue weighted by molar-refractivity contribution is -0.143. The van der Waals surface area contributed by atoms with Gasteiger partial charge in [0.15, 0.2) is 0 Å². The van der Waals surface area contributed by atoms with E-state index in [1.165, 1.54) is 0 Å². The second-order valence-electron chi connectivity index (χ2n) is 3.34. The molecule has 0 saturated heterocycles. The minimum absolute atomic E-state index is 0.107. The van der Waals surface area contributed by atoms with E-state index in [1.54, 1.807) is 6.92 Å². The average Bonchev–Trinajstić information content (AvgIpc) is 2.15. The Kier molecular flexibility index (Phi) is 7.62. The maximum atomic E-state index is 10.9. The summed E-state index contributed by atoms with van der Waals surface area (Å²) < 4.78 is 4.75. The van der Waals surface area contributed by atoms with Gasteiger partial charge in [0.05, 0.1) is 13.0 Å². The molecule has 0 aliphatic heterocycles. The summed E-state index contributed by atoms with van der Waals surface area (Å²) in [7, 11) is 0. The molecule has 0 fully saturated rings. The van der Waals surface area contributed by atoms with Crippen LogP contribution in [0.3, 0.4) is 0 Å². The molecule has 0 amide bonds. The van der Waals surface area contributed by atoms with E-state index < -0.39 is 5.97 Å². The van der Waals surface area contributed by atoms with Crippen LogP contribution in [0.25, 0.3) is 0 Å². The molecule has 88 valence electrons.